The summed E-state index contributed by atoms with van der Waals surface area (Å²) in [5, 5.41) is 9.44. The molecule has 1 aromatic carbocycles. The molecule has 0 fully saturated rings. The van der Waals surface area contributed by atoms with Gasteiger partial charge in [0.25, 0.3) is 0 Å². The third-order valence-corrected chi connectivity index (χ3v) is 4.32. The molecule has 3 N–H and O–H groups in total. The van der Waals surface area contributed by atoms with Crippen LogP contribution < -0.4 is 16.0 Å². The molecule has 0 aliphatic heterocycles. The number of hydrogen-bond acceptors (Lipinski definition) is 3. The van der Waals surface area contributed by atoms with Crippen molar-refractivity contribution in [3.8, 4) is 0 Å². The van der Waals surface area contributed by atoms with Gasteiger partial charge in [-0.15, -0.1) is 35.7 Å². The van der Waals surface area contributed by atoms with Crippen molar-refractivity contribution < 1.29 is 4.79 Å². The second-order valence-corrected chi connectivity index (χ2v) is 7.52. The molecule has 0 radical (unpaired) electrons. The summed E-state index contributed by atoms with van der Waals surface area (Å²) in [5.74, 6) is 0.782. The van der Waals surface area contributed by atoms with E-state index in [9.17, 15) is 4.79 Å². The number of benzene rings is 1. The summed E-state index contributed by atoms with van der Waals surface area (Å²) in [5.41, 5.74) is 2.15. The zero-order valence-corrected chi connectivity index (χ0v) is 19.2. The summed E-state index contributed by atoms with van der Waals surface area (Å²) < 4.78 is 0. The maximum absolute atomic E-state index is 11.8. The van der Waals surface area contributed by atoms with Gasteiger partial charge in [0.1, 0.15) is 0 Å². The fourth-order valence-corrected chi connectivity index (χ4v) is 2.73. The van der Waals surface area contributed by atoms with Gasteiger partial charge in [0.05, 0.1) is 0 Å². The number of aryl methyl sites for hydroxylation is 1. The molecule has 0 aliphatic carbocycles. The number of carbonyl (C=O) groups excluding carboxylic acids is 1. The summed E-state index contributed by atoms with van der Waals surface area (Å²) in [4.78, 5) is 17.3. The highest BCUT2D eigenvalue weighted by Gasteiger charge is 2.20. The van der Waals surface area contributed by atoms with E-state index >= 15 is 0 Å². The number of guanidine groups is 1. The third-order valence-electron chi connectivity index (χ3n) is 3.50. The van der Waals surface area contributed by atoms with E-state index in [2.05, 4.69) is 52.3 Å². The van der Waals surface area contributed by atoms with E-state index in [1.165, 1.54) is 16.0 Å². The molecule has 0 aromatic heterocycles. The molecule has 1 rings (SSSR count). The fourth-order valence-electron chi connectivity index (χ4n) is 2.02. The molecule has 0 spiro atoms. The van der Waals surface area contributed by atoms with Gasteiger partial charge in [0.2, 0.25) is 5.91 Å². The number of amides is 1. The zero-order valence-electron chi connectivity index (χ0n) is 16.0. The zero-order chi connectivity index (χ0) is 18.2. The van der Waals surface area contributed by atoms with Crippen LogP contribution in [0.2, 0.25) is 0 Å². The smallest absolute Gasteiger partial charge is 0.225 e. The number of rotatable bonds is 6. The van der Waals surface area contributed by atoms with Crippen LogP contribution in [-0.2, 0) is 11.3 Å². The molecule has 142 valence electrons. The standard InChI is InChI=1S/C18H30N4OS.HI/c1-13-7-8-14(15(11-13)24-6)12-22-17(19-5)21-10-9-20-16(23)18(2,3)4;/h7-8,11H,9-10,12H2,1-6H3,(H,20,23)(H2,19,21,22);1H. The molecule has 25 heavy (non-hydrogen) atoms. The van der Waals surface area contributed by atoms with Crippen LogP contribution in [0.1, 0.15) is 31.9 Å². The van der Waals surface area contributed by atoms with E-state index in [4.69, 9.17) is 0 Å². The summed E-state index contributed by atoms with van der Waals surface area (Å²) in [6.07, 6.45) is 2.09. The average molecular weight is 478 g/mol. The van der Waals surface area contributed by atoms with E-state index < -0.39 is 0 Å². The molecule has 0 unspecified atom stereocenters. The van der Waals surface area contributed by atoms with Crippen molar-refractivity contribution in [1.82, 2.24) is 16.0 Å². The number of hydrogen-bond donors (Lipinski definition) is 3. The lowest BCUT2D eigenvalue weighted by Crippen LogP contribution is -2.43. The Morgan fingerprint density at radius 2 is 1.80 bits per heavy atom. The molecule has 0 heterocycles. The summed E-state index contributed by atoms with van der Waals surface area (Å²) in [6, 6.07) is 6.46. The first-order valence-corrected chi connectivity index (χ1v) is 9.36. The van der Waals surface area contributed by atoms with E-state index in [-0.39, 0.29) is 35.3 Å². The maximum atomic E-state index is 11.8. The minimum atomic E-state index is -0.362. The largest absolute Gasteiger partial charge is 0.355 e. The highest BCUT2D eigenvalue weighted by Crippen LogP contribution is 2.21. The number of carbonyl (C=O) groups is 1. The van der Waals surface area contributed by atoms with Crippen LogP contribution in [0.15, 0.2) is 28.1 Å². The van der Waals surface area contributed by atoms with Crippen LogP contribution in [-0.4, -0.2) is 38.3 Å². The Labute approximate surface area is 173 Å². The van der Waals surface area contributed by atoms with E-state index in [0.29, 0.717) is 19.6 Å². The highest BCUT2D eigenvalue weighted by atomic mass is 127. The van der Waals surface area contributed by atoms with Crippen molar-refractivity contribution in [2.45, 2.75) is 39.1 Å². The number of nitrogens with zero attached hydrogens (tertiary/aromatic N) is 1. The molecular weight excluding hydrogens is 447 g/mol. The third kappa shape index (κ3) is 8.80. The predicted molar refractivity (Wildman–Crippen MR) is 119 cm³/mol. The van der Waals surface area contributed by atoms with E-state index in [0.717, 1.165) is 5.96 Å². The van der Waals surface area contributed by atoms with Crippen molar-refractivity contribution in [3.05, 3.63) is 29.3 Å². The minimum absolute atomic E-state index is 0. The summed E-state index contributed by atoms with van der Waals surface area (Å²) in [7, 11) is 1.74. The first-order chi connectivity index (χ1) is 11.3. The normalized spacial score (nSPS) is 11.5. The number of thioether (sulfide) groups is 1. The SMILES string of the molecule is CN=C(NCCNC(=O)C(C)(C)C)NCc1ccc(C)cc1SC.I. The van der Waals surface area contributed by atoms with Gasteiger partial charge >= 0.3 is 0 Å². The minimum Gasteiger partial charge on any atom is -0.355 e. The molecule has 1 amide bonds. The second kappa shape index (κ2) is 11.6. The quantitative estimate of drug-likeness (QED) is 0.193. The van der Waals surface area contributed by atoms with Gasteiger partial charge in [-0.2, -0.15) is 0 Å². The number of aliphatic imine (C=N–C) groups is 1. The first kappa shape index (κ1) is 24.0. The highest BCUT2D eigenvalue weighted by molar-refractivity contribution is 14.0. The lowest BCUT2D eigenvalue weighted by molar-refractivity contribution is -0.128. The molecule has 0 aliphatic rings. The summed E-state index contributed by atoms with van der Waals surface area (Å²) >= 11 is 1.75. The molecule has 0 saturated heterocycles. The van der Waals surface area contributed by atoms with Gasteiger partial charge in [-0.25, -0.2) is 0 Å². The first-order valence-electron chi connectivity index (χ1n) is 8.14. The van der Waals surface area contributed by atoms with Crippen LogP contribution in [0, 0.1) is 12.3 Å². The maximum Gasteiger partial charge on any atom is 0.225 e. The van der Waals surface area contributed by atoms with Gasteiger partial charge in [0.15, 0.2) is 5.96 Å². The monoisotopic (exact) mass is 478 g/mol. The molecule has 5 nitrogen and oxygen atoms in total. The molecular formula is C18H31IN4OS. The van der Waals surface area contributed by atoms with Crippen molar-refractivity contribution in [1.29, 1.82) is 0 Å². The topological polar surface area (TPSA) is 65.5 Å². The fraction of sp³-hybridized carbons (Fsp3) is 0.556. The van der Waals surface area contributed by atoms with Crippen LogP contribution in [0.3, 0.4) is 0 Å². The van der Waals surface area contributed by atoms with Crippen LogP contribution >= 0.6 is 35.7 Å². The van der Waals surface area contributed by atoms with Crippen molar-refractivity contribution in [3.63, 3.8) is 0 Å². The lowest BCUT2D eigenvalue weighted by Gasteiger charge is -2.18. The second-order valence-electron chi connectivity index (χ2n) is 6.67. The Morgan fingerprint density at radius 3 is 2.36 bits per heavy atom. The number of halogens is 1. The lowest BCUT2D eigenvalue weighted by atomic mass is 9.96. The van der Waals surface area contributed by atoms with E-state index in [1.54, 1.807) is 18.8 Å². The van der Waals surface area contributed by atoms with Crippen molar-refractivity contribution in [2.75, 3.05) is 26.4 Å². The average Bonchev–Trinajstić information content (AvgIpc) is 2.53. The van der Waals surface area contributed by atoms with Crippen molar-refractivity contribution >= 4 is 47.6 Å². The number of nitrogens with one attached hydrogen (secondary N) is 3. The van der Waals surface area contributed by atoms with Crippen LogP contribution in [0.25, 0.3) is 0 Å². The van der Waals surface area contributed by atoms with Gasteiger partial charge in [-0.3, -0.25) is 9.79 Å². The van der Waals surface area contributed by atoms with Gasteiger partial charge in [0, 0.05) is 37.0 Å². The molecule has 7 heteroatoms. The van der Waals surface area contributed by atoms with Crippen LogP contribution in [0.5, 0.6) is 0 Å². The molecule has 0 saturated carbocycles. The van der Waals surface area contributed by atoms with Gasteiger partial charge in [-0.05, 0) is 30.4 Å². The predicted octanol–water partition coefficient (Wildman–Crippen LogP) is 3.16. The Hall–Kier alpha value is -0.960. The van der Waals surface area contributed by atoms with E-state index in [1.807, 2.05) is 20.8 Å². The van der Waals surface area contributed by atoms with Gasteiger partial charge < -0.3 is 16.0 Å². The van der Waals surface area contributed by atoms with Gasteiger partial charge in [-0.1, -0.05) is 32.9 Å². The molecule has 0 bridgehead atoms. The van der Waals surface area contributed by atoms with Crippen LogP contribution in [0.4, 0.5) is 0 Å². The molecule has 1 aromatic rings. The Morgan fingerprint density at radius 1 is 1.16 bits per heavy atom. The Bertz CT molecular complexity index is 585. The summed E-state index contributed by atoms with van der Waals surface area (Å²) in [6.45, 7) is 9.72. The molecule has 0 atom stereocenters. The Kier molecular flexibility index (Phi) is 11.2. The Balaban J connectivity index is 0.00000576. The van der Waals surface area contributed by atoms with Crippen molar-refractivity contribution in [2.24, 2.45) is 10.4 Å².